The van der Waals surface area contributed by atoms with Gasteiger partial charge in [-0.15, -0.1) is 12.6 Å². The van der Waals surface area contributed by atoms with Crippen molar-refractivity contribution in [3.8, 4) is 0 Å². The summed E-state index contributed by atoms with van der Waals surface area (Å²) in [6, 6.07) is 0. The largest absolute Gasteiger partial charge is 0.383 e. The Labute approximate surface area is 74.0 Å². The highest BCUT2D eigenvalue weighted by molar-refractivity contribution is 7.82. The van der Waals surface area contributed by atoms with Crippen LogP contribution in [0.2, 0.25) is 0 Å². The van der Waals surface area contributed by atoms with Gasteiger partial charge in [-0.05, 0) is 12.8 Å². The minimum absolute atomic E-state index is 0.0596. The highest BCUT2D eigenvalue weighted by atomic mass is 32.1. The molecule has 10 heavy (non-hydrogen) atoms. The Morgan fingerprint density at radius 3 is 2.40 bits per heavy atom. The van der Waals surface area contributed by atoms with Crippen LogP contribution in [-0.4, -0.2) is 15.3 Å². The van der Waals surface area contributed by atoms with E-state index in [4.69, 9.17) is 5.11 Å². The first-order valence-electron chi connectivity index (χ1n) is 3.56. The van der Waals surface area contributed by atoms with Crippen LogP contribution in [0.5, 0.6) is 0 Å². The standard InChI is InChI=1S/C7H16OS2/c1-3-4-7(2,10)5-6(8)9/h6,8-10H,3-5H2,1-2H3. The van der Waals surface area contributed by atoms with Crippen LogP contribution < -0.4 is 0 Å². The second-order valence-corrected chi connectivity index (χ2v) is 4.61. The van der Waals surface area contributed by atoms with E-state index in [-0.39, 0.29) is 4.75 Å². The number of thiol groups is 2. The molecule has 0 aliphatic rings. The highest BCUT2D eigenvalue weighted by Gasteiger charge is 2.19. The van der Waals surface area contributed by atoms with Crippen molar-refractivity contribution in [2.45, 2.75) is 43.3 Å². The van der Waals surface area contributed by atoms with Crippen LogP contribution in [0.3, 0.4) is 0 Å². The molecular formula is C7H16OS2. The third-order valence-corrected chi connectivity index (χ3v) is 2.00. The van der Waals surface area contributed by atoms with E-state index in [1.165, 1.54) is 0 Å². The van der Waals surface area contributed by atoms with E-state index >= 15 is 0 Å². The van der Waals surface area contributed by atoms with E-state index in [0.29, 0.717) is 6.42 Å². The summed E-state index contributed by atoms with van der Waals surface area (Å²) in [5.41, 5.74) is -0.533. The predicted molar refractivity (Wildman–Crippen MR) is 51.9 cm³/mol. The summed E-state index contributed by atoms with van der Waals surface area (Å²) >= 11 is 8.29. The number of hydrogen-bond donors (Lipinski definition) is 3. The summed E-state index contributed by atoms with van der Waals surface area (Å²) in [7, 11) is 0. The summed E-state index contributed by atoms with van der Waals surface area (Å²) in [6.45, 7) is 4.14. The maximum absolute atomic E-state index is 8.93. The molecule has 0 spiro atoms. The molecule has 2 atom stereocenters. The molecule has 0 heterocycles. The van der Waals surface area contributed by atoms with Crippen molar-refractivity contribution in [3.05, 3.63) is 0 Å². The lowest BCUT2D eigenvalue weighted by Crippen LogP contribution is -2.21. The molecule has 0 amide bonds. The zero-order valence-electron chi connectivity index (χ0n) is 6.54. The Kier molecular flexibility index (Phi) is 4.82. The van der Waals surface area contributed by atoms with Crippen LogP contribution in [0, 0.1) is 0 Å². The lowest BCUT2D eigenvalue weighted by atomic mass is 10.0. The van der Waals surface area contributed by atoms with E-state index in [2.05, 4.69) is 32.2 Å². The molecule has 62 valence electrons. The normalized spacial score (nSPS) is 20.1. The fraction of sp³-hybridized carbons (Fsp3) is 1.00. The molecule has 0 aromatic rings. The van der Waals surface area contributed by atoms with Crippen LogP contribution in [0.25, 0.3) is 0 Å². The summed E-state index contributed by atoms with van der Waals surface area (Å²) in [5, 5.41) is 8.93. The first-order chi connectivity index (χ1) is 4.48. The Morgan fingerprint density at radius 2 is 2.10 bits per heavy atom. The molecule has 0 radical (unpaired) electrons. The lowest BCUT2D eigenvalue weighted by Gasteiger charge is -2.23. The van der Waals surface area contributed by atoms with Gasteiger partial charge >= 0.3 is 0 Å². The molecule has 0 aliphatic heterocycles. The Balaban J connectivity index is 3.63. The van der Waals surface area contributed by atoms with Crippen LogP contribution in [0.1, 0.15) is 33.1 Å². The van der Waals surface area contributed by atoms with Crippen molar-refractivity contribution < 1.29 is 5.11 Å². The Morgan fingerprint density at radius 1 is 1.60 bits per heavy atom. The Hall–Kier alpha value is 0.660. The molecule has 2 unspecified atom stereocenters. The topological polar surface area (TPSA) is 20.2 Å². The Bertz CT molecular complexity index is 91.6. The quantitative estimate of drug-likeness (QED) is 0.447. The van der Waals surface area contributed by atoms with E-state index in [1.807, 2.05) is 6.92 Å². The van der Waals surface area contributed by atoms with E-state index in [0.717, 1.165) is 12.8 Å². The maximum atomic E-state index is 8.93. The second kappa shape index (κ2) is 4.52. The first-order valence-corrected chi connectivity index (χ1v) is 4.53. The number of hydrogen-bond acceptors (Lipinski definition) is 3. The van der Waals surface area contributed by atoms with Gasteiger partial charge in [0.1, 0.15) is 0 Å². The molecule has 3 heteroatoms. The zero-order valence-corrected chi connectivity index (χ0v) is 8.33. The van der Waals surface area contributed by atoms with Gasteiger partial charge in [0, 0.05) is 4.75 Å². The summed E-state index contributed by atoms with van der Waals surface area (Å²) < 4.78 is -0.0596. The zero-order chi connectivity index (χ0) is 8.20. The molecule has 1 nitrogen and oxygen atoms in total. The minimum atomic E-state index is -0.533. The molecule has 0 bridgehead atoms. The van der Waals surface area contributed by atoms with Crippen molar-refractivity contribution in [2.75, 3.05) is 0 Å². The first kappa shape index (κ1) is 10.7. The number of aliphatic hydroxyl groups excluding tert-OH is 1. The molecule has 0 aromatic heterocycles. The second-order valence-electron chi connectivity index (χ2n) is 2.93. The molecule has 0 saturated heterocycles. The molecule has 0 aliphatic carbocycles. The summed E-state index contributed by atoms with van der Waals surface area (Å²) in [5.74, 6) is 0. The molecular weight excluding hydrogens is 164 g/mol. The van der Waals surface area contributed by atoms with Crippen LogP contribution in [0.15, 0.2) is 0 Å². The van der Waals surface area contributed by atoms with Gasteiger partial charge in [-0.3, -0.25) is 0 Å². The van der Waals surface area contributed by atoms with Crippen molar-refractivity contribution in [1.82, 2.24) is 0 Å². The monoisotopic (exact) mass is 180 g/mol. The van der Waals surface area contributed by atoms with E-state index in [1.54, 1.807) is 0 Å². The van der Waals surface area contributed by atoms with E-state index in [9.17, 15) is 0 Å². The van der Waals surface area contributed by atoms with Gasteiger partial charge in [-0.1, -0.05) is 20.3 Å². The molecule has 1 N–H and O–H groups in total. The third-order valence-electron chi connectivity index (χ3n) is 1.41. The molecule has 0 fully saturated rings. The molecule has 0 saturated carbocycles. The van der Waals surface area contributed by atoms with Crippen molar-refractivity contribution in [2.24, 2.45) is 0 Å². The number of rotatable bonds is 4. The molecule has 0 rings (SSSR count). The maximum Gasteiger partial charge on any atom is 0.0977 e. The average molecular weight is 180 g/mol. The van der Waals surface area contributed by atoms with Gasteiger partial charge in [-0.25, -0.2) is 0 Å². The SMILES string of the molecule is CCCC(C)(S)CC(O)S. The third kappa shape index (κ3) is 5.45. The van der Waals surface area contributed by atoms with Crippen LogP contribution >= 0.6 is 25.3 Å². The fourth-order valence-corrected chi connectivity index (χ4v) is 1.98. The van der Waals surface area contributed by atoms with Gasteiger partial charge in [0.05, 0.1) is 5.44 Å². The van der Waals surface area contributed by atoms with Gasteiger partial charge < -0.3 is 5.11 Å². The lowest BCUT2D eigenvalue weighted by molar-refractivity contribution is 0.237. The predicted octanol–water partition coefficient (Wildman–Crippen LogP) is 2.11. The van der Waals surface area contributed by atoms with Gasteiger partial charge in [0.15, 0.2) is 0 Å². The summed E-state index contributed by atoms with van der Waals surface area (Å²) in [6.07, 6.45) is 2.77. The molecule has 0 aromatic carbocycles. The summed E-state index contributed by atoms with van der Waals surface area (Å²) in [4.78, 5) is 0. The van der Waals surface area contributed by atoms with Crippen molar-refractivity contribution in [1.29, 1.82) is 0 Å². The van der Waals surface area contributed by atoms with Crippen molar-refractivity contribution in [3.63, 3.8) is 0 Å². The van der Waals surface area contributed by atoms with Gasteiger partial charge in [-0.2, -0.15) is 12.6 Å². The highest BCUT2D eigenvalue weighted by Crippen LogP contribution is 2.26. The smallest absolute Gasteiger partial charge is 0.0977 e. The van der Waals surface area contributed by atoms with Gasteiger partial charge in [0.25, 0.3) is 0 Å². The van der Waals surface area contributed by atoms with Crippen LogP contribution in [0.4, 0.5) is 0 Å². The average Bonchev–Trinajstić information content (AvgIpc) is 1.59. The number of aliphatic hydroxyl groups is 1. The fourth-order valence-electron chi connectivity index (χ4n) is 1.03. The van der Waals surface area contributed by atoms with E-state index < -0.39 is 5.44 Å². The van der Waals surface area contributed by atoms with Crippen LogP contribution in [-0.2, 0) is 0 Å². The minimum Gasteiger partial charge on any atom is -0.383 e. The van der Waals surface area contributed by atoms with Crippen molar-refractivity contribution >= 4 is 25.3 Å². The van der Waals surface area contributed by atoms with Gasteiger partial charge in [0.2, 0.25) is 0 Å².